The van der Waals surface area contributed by atoms with Crippen molar-refractivity contribution in [3.63, 3.8) is 0 Å². The van der Waals surface area contributed by atoms with Crippen molar-refractivity contribution in [3.8, 4) is 0 Å². The van der Waals surface area contributed by atoms with Crippen molar-refractivity contribution in [2.24, 2.45) is 0 Å². The van der Waals surface area contributed by atoms with Gasteiger partial charge in [-0.05, 0) is 6.92 Å². The van der Waals surface area contributed by atoms with Gasteiger partial charge in [0.25, 0.3) is 0 Å². The Kier molecular flexibility index (Phi) is 4.91. The van der Waals surface area contributed by atoms with Gasteiger partial charge in [-0.1, -0.05) is 0 Å². The largest absolute Gasteiger partial charge is 0.544 e. The maximum Gasteiger partial charge on any atom is 0.407 e. The van der Waals surface area contributed by atoms with Gasteiger partial charge in [0.15, 0.2) is 9.84 Å². The zero-order chi connectivity index (χ0) is 13.8. The van der Waals surface area contributed by atoms with Crippen LogP contribution in [0.2, 0.25) is 0 Å². The Morgan fingerprint density at radius 3 is 2.67 bits per heavy atom. The van der Waals surface area contributed by atoms with Crippen molar-refractivity contribution < 1.29 is 33.2 Å². The SMILES string of the molecule is CCOC(=O)NC1CS(=O)(=O)CC1[NH2+]CC(=O)[O-]. The Labute approximate surface area is 105 Å². The van der Waals surface area contributed by atoms with Gasteiger partial charge in [-0.25, -0.2) is 13.2 Å². The number of aliphatic carboxylic acids is 1. The number of carbonyl (C=O) groups excluding carboxylic acids is 2. The van der Waals surface area contributed by atoms with Gasteiger partial charge in [0.2, 0.25) is 0 Å². The van der Waals surface area contributed by atoms with Crippen LogP contribution in [0.25, 0.3) is 0 Å². The molecule has 1 amide bonds. The number of nitrogens with two attached hydrogens (primary N) is 1. The molecule has 1 aliphatic rings. The average molecular weight is 280 g/mol. The van der Waals surface area contributed by atoms with Crippen LogP contribution in [0.1, 0.15) is 6.92 Å². The predicted molar refractivity (Wildman–Crippen MR) is 58.2 cm³/mol. The first-order valence-electron chi connectivity index (χ1n) is 5.51. The molecule has 0 aromatic rings. The first-order chi connectivity index (χ1) is 8.34. The number of sulfone groups is 1. The minimum atomic E-state index is -3.27. The van der Waals surface area contributed by atoms with Gasteiger partial charge in [-0.15, -0.1) is 0 Å². The van der Waals surface area contributed by atoms with Crippen LogP contribution < -0.4 is 15.7 Å². The van der Waals surface area contributed by atoms with Gasteiger partial charge in [0.1, 0.15) is 18.3 Å². The summed E-state index contributed by atoms with van der Waals surface area (Å²) >= 11 is 0. The van der Waals surface area contributed by atoms with Gasteiger partial charge >= 0.3 is 6.09 Å². The molecule has 0 radical (unpaired) electrons. The van der Waals surface area contributed by atoms with E-state index in [-0.39, 0.29) is 24.7 Å². The molecular formula is C9H16N2O6S. The number of carboxylic acids is 1. The summed E-state index contributed by atoms with van der Waals surface area (Å²) in [7, 11) is -3.27. The molecule has 104 valence electrons. The number of carbonyl (C=O) groups is 2. The summed E-state index contributed by atoms with van der Waals surface area (Å²) < 4.78 is 27.6. The van der Waals surface area contributed by atoms with Gasteiger partial charge in [-0.3, -0.25) is 0 Å². The maximum atomic E-state index is 11.5. The number of quaternary nitrogens is 1. The summed E-state index contributed by atoms with van der Waals surface area (Å²) in [4.78, 5) is 21.6. The molecule has 9 heteroatoms. The molecule has 1 aliphatic heterocycles. The second-order valence-corrected chi connectivity index (χ2v) is 6.18. The van der Waals surface area contributed by atoms with E-state index in [1.807, 2.05) is 0 Å². The van der Waals surface area contributed by atoms with Gasteiger partial charge < -0.3 is 25.3 Å². The minimum absolute atomic E-state index is 0.169. The molecule has 3 N–H and O–H groups in total. The molecule has 0 bridgehead atoms. The quantitative estimate of drug-likeness (QED) is 0.531. The van der Waals surface area contributed by atoms with Crippen LogP contribution in [0.5, 0.6) is 0 Å². The Balaban J connectivity index is 2.61. The van der Waals surface area contributed by atoms with Crippen LogP contribution in [-0.2, 0) is 19.4 Å². The molecule has 0 aromatic carbocycles. The molecule has 2 unspecified atom stereocenters. The van der Waals surface area contributed by atoms with Crippen molar-refractivity contribution in [3.05, 3.63) is 0 Å². The maximum absolute atomic E-state index is 11.5. The lowest BCUT2D eigenvalue weighted by Gasteiger charge is -2.17. The number of carboxylic acid groups (broad SMARTS) is 1. The van der Waals surface area contributed by atoms with E-state index in [0.29, 0.717) is 0 Å². The van der Waals surface area contributed by atoms with Crippen molar-refractivity contribution in [2.45, 2.75) is 19.0 Å². The summed E-state index contributed by atoms with van der Waals surface area (Å²) in [6.45, 7) is 1.46. The van der Waals surface area contributed by atoms with Crippen LogP contribution in [0, 0.1) is 0 Å². The molecular weight excluding hydrogens is 264 g/mol. The molecule has 0 saturated carbocycles. The smallest absolute Gasteiger partial charge is 0.407 e. The molecule has 0 aromatic heterocycles. The summed E-state index contributed by atoms with van der Waals surface area (Å²) in [5, 5.41) is 14.1. The molecule has 0 aliphatic carbocycles. The second kappa shape index (κ2) is 6.01. The van der Waals surface area contributed by atoms with Crippen molar-refractivity contribution in [1.82, 2.24) is 5.32 Å². The number of hydrogen-bond acceptors (Lipinski definition) is 6. The third-order valence-corrected chi connectivity index (χ3v) is 4.32. The fraction of sp³-hybridized carbons (Fsp3) is 0.778. The van der Waals surface area contributed by atoms with Crippen LogP contribution in [0.4, 0.5) is 4.79 Å². The van der Waals surface area contributed by atoms with E-state index in [4.69, 9.17) is 0 Å². The van der Waals surface area contributed by atoms with E-state index >= 15 is 0 Å². The van der Waals surface area contributed by atoms with Gasteiger partial charge in [0, 0.05) is 0 Å². The Hall–Kier alpha value is -1.35. The first-order valence-corrected chi connectivity index (χ1v) is 7.33. The lowest BCUT2D eigenvalue weighted by atomic mass is 10.2. The molecule has 8 nitrogen and oxygen atoms in total. The topological polar surface area (TPSA) is 129 Å². The molecule has 1 heterocycles. The van der Waals surface area contributed by atoms with Gasteiger partial charge in [-0.2, -0.15) is 0 Å². The zero-order valence-corrected chi connectivity index (χ0v) is 10.7. The number of alkyl carbamates (subject to hydrolysis) is 1. The highest BCUT2D eigenvalue weighted by molar-refractivity contribution is 7.91. The lowest BCUT2D eigenvalue weighted by Crippen LogP contribution is -2.95. The summed E-state index contributed by atoms with van der Waals surface area (Å²) in [5.74, 6) is -1.66. The molecule has 1 saturated heterocycles. The molecule has 2 atom stereocenters. The lowest BCUT2D eigenvalue weighted by molar-refractivity contribution is -0.681. The zero-order valence-electron chi connectivity index (χ0n) is 9.92. The minimum Gasteiger partial charge on any atom is -0.544 e. The molecule has 18 heavy (non-hydrogen) atoms. The number of amides is 1. The Morgan fingerprint density at radius 2 is 2.11 bits per heavy atom. The Morgan fingerprint density at radius 1 is 1.44 bits per heavy atom. The van der Waals surface area contributed by atoms with E-state index in [0.717, 1.165) is 0 Å². The fourth-order valence-electron chi connectivity index (χ4n) is 1.83. The van der Waals surface area contributed by atoms with Crippen LogP contribution in [-0.4, -0.2) is 57.2 Å². The second-order valence-electron chi connectivity index (χ2n) is 4.02. The average Bonchev–Trinajstić information content (AvgIpc) is 2.50. The van der Waals surface area contributed by atoms with Crippen molar-refractivity contribution in [2.75, 3.05) is 24.7 Å². The number of hydrogen-bond donors (Lipinski definition) is 2. The third kappa shape index (κ3) is 4.49. The van der Waals surface area contributed by atoms with E-state index in [1.54, 1.807) is 6.92 Å². The third-order valence-electron chi connectivity index (χ3n) is 2.56. The summed E-state index contributed by atoms with van der Waals surface area (Å²) in [6.07, 6.45) is -0.702. The highest BCUT2D eigenvalue weighted by Gasteiger charge is 2.41. The summed E-state index contributed by atoms with van der Waals surface area (Å²) in [5.41, 5.74) is 0. The Bertz CT molecular complexity index is 421. The summed E-state index contributed by atoms with van der Waals surface area (Å²) in [6, 6.07) is -1.18. The van der Waals surface area contributed by atoms with Crippen molar-refractivity contribution in [1.29, 1.82) is 0 Å². The first kappa shape index (κ1) is 14.7. The molecule has 1 fully saturated rings. The number of ether oxygens (including phenoxy) is 1. The monoisotopic (exact) mass is 280 g/mol. The predicted octanol–water partition coefficient (Wildman–Crippen LogP) is -3.79. The van der Waals surface area contributed by atoms with E-state index in [2.05, 4.69) is 10.1 Å². The van der Waals surface area contributed by atoms with Crippen LogP contribution in [0.15, 0.2) is 0 Å². The van der Waals surface area contributed by atoms with E-state index in [1.165, 1.54) is 5.32 Å². The normalized spacial score (nSPS) is 25.6. The van der Waals surface area contributed by atoms with Crippen molar-refractivity contribution >= 4 is 21.9 Å². The number of nitrogens with one attached hydrogen (secondary N) is 1. The fourth-order valence-corrected chi connectivity index (χ4v) is 3.80. The van der Waals surface area contributed by atoms with Crippen LogP contribution in [0.3, 0.4) is 0 Å². The molecule has 1 rings (SSSR count). The van der Waals surface area contributed by atoms with Gasteiger partial charge in [0.05, 0.1) is 24.4 Å². The molecule has 0 spiro atoms. The highest BCUT2D eigenvalue weighted by Crippen LogP contribution is 2.10. The standard InChI is InChI=1S/C9H16N2O6S/c1-2-17-9(14)11-7-5-18(15,16)4-6(7)10-3-8(12)13/h6-7,10H,2-5H2,1H3,(H,11,14)(H,12,13). The van der Waals surface area contributed by atoms with E-state index in [9.17, 15) is 23.1 Å². The highest BCUT2D eigenvalue weighted by atomic mass is 32.2. The number of rotatable bonds is 5. The van der Waals surface area contributed by atoms with Crippen LogP contribution >= 0.6 is 0 Å². The van der Waals surface area contributed by atoms with E-state index < -0.39 is 34.0 Å².